The minimum atomic E-state index is 0.0265. The van der Waals surface area contributed by atoms with Crippen LogP contribution in [0.3, 0.4) is 0 Å². The van der Waals surface area contributed by atoms with Crippen LogP contribution in [0.2, 0.25) is 0 Å². The van der Waals surface area contributed by atoms with Crippen LogP contribution in [0.5, 0.6) is 0 Å². The maximum atomic E-state index is 12.4. The van der Waals surface area contributed by atoms with Crippen molar-refractivity contribution in [3.8, 4) is 0 Å². The van der Waals surface area contributed by atoms with Gasteiger partial charge >= 0.3 is 0 Å². The SMILES string of the molecule is O=C(C[NH+]1[C@@H]2CCC[C@H]1CC(NC(=O)c1ccccc1)C2)NC1CC1. The van der Waals surface area contributed by atoms with E-state index in [1.54, 1.807) is 0 Å². The lowest BCUT2D eigenvalue weighted by molar-refractivity contribution is -0.953. The quantitative estimate of drug-likeness (QED) is 0.736. The van der Waals surface area contributed by atoms with Crippen molar-refractivity contribution in [1.29, 1.82) is 0 Å². The molecule has 3 N–H and O–H groups in total. The van der Waals surface area contributed by atoms with Crippen LogP contribution in [0.4, 0.5) is 0 Å². The number of hydrogen-bond donors (Lipinski definition) is 3. The van der Waals surface area contributed by atoms with E-state index in [-0.39, 0.29) is 17.9 Å². The predicted molar refractivity (Wildman–Crippen MR) is 95.4 cm³/mol. The first-order chi connectivity index (χ1) is 12.2. The summed E-state index contributed by atoms with van der Waals surface area (Å²) in [4.78, 5) is 26.1. The van der Waals surface area contributed by atoms with Gasteiger partial charge in [-0.25, -0.2) is 0 Å². The van der Waals surface area contributed by atoms with E-state index < -0.39 is 0 Å². The van der Waals surface area contributed by atoms with Gasteiger partial charge in [-0.15, -0.1) is 0 Å². The molecule has 2 unspecified atom stereocenters. The Bertz CT molecular complexity index is 615. The van der Waals surface area contributed by atoms with E-state index in [4.69, 9.17) is 0 Å². The zero-order valence-corrected chi connectivity index (χ0v) is 14.7. The van der Waals surface area contributed by atoms with Gasteiger partial charge in [0.25, 0.3) is 11.8 Å². The Kier molecular flexibility index (Phi) is 4.75. The zero-order valence-electron chi connectivity index (χ0n) is 14.7. The number of benzene rings is 1. The number of quaternary nitrogens is 1. The molecule has 1 aliphatic carbocycles. The van der Waals surface area contributed by atoms with Gasteiger partial charge in [-0.2, -0.15) is 0 Å². The third kappa shape index (κ3) is 4.03. The number of nitrogens with one attached hydrogen (secondary N) is 3. The summed E-state index contributed by atoms with van der Waals surface area (Å²) in [6.07, 6.45) is 7.84. The first-order valence-electron chi connectivity index (χ1n) is 9.70. The Morgan fingerprint density at radius 3 is 2.24 bits per heavy atom. The molecule has 2 amide bonds. The van der Waals surface area contributed by atoms with Crippen LogP contribution in [-0.2, 0) is 4.79 Å². The Labute approximate surface area is 149 Å². The lowest BCUT2D eigenvalue weighted by atomic mass is 9.81. The molecule has 5 nitrogen and oxygen atoms in total. The second-order valence-electron chi connectivity index (χ2n) is 7.93. The summed E-state index contributed by atoms with van der Waals surface area (Å²) in [6, 6.07) is 11.1. The second-order valence-corrected chi connectivity index (χ2v) is 7.93. The summed E-state index contributed by atoms with van der Waals surface area (Å²) in [5.41, 5.74) is 0.728. The molecule has 1 aromatic rings. The molecule has 3 fully saturated rings. The maximum Gasteiger partial charge on any atom is 0.275 e. The van der Waals surface area contributed by atoms with Gasteiger partial charge in [-0.05, 0) is 44.2 Å². The Morgan fingerprint density at radius 1 is 0.920 bits per heavy atom. The monoisotopic (exact) mass is 342 g/mol. The van der Waals surface area contributed by atoms with Crippen molar-refractivity contribution in [3.63, 3.8) is 0 Å². The summed E-state index contributed by atoms with van der Waals surface area (Å²) in [6.45, 7) is 0.602. The fourth-order valence-corrected chi connectivity index (χ4v) is 4.59. The number of carbonyl (C=O) groups is 2. The first kappa shape index (κ1) is 16.6. The van der Waals surface area contributed by atoms with Crippen LogP contribution >= 0.6 is 0 Å². The van der Waals surface area contributed by atoms with Crippen LogP contribution < -0.4 is 15.5 Å². The fourth-order valence-electron chi connectivity index (χ4n) is 4.59. The highest BCUT2D eigenvalue weighted by Gasteiger charge is 2.43. The normalized spacial score (nSPS) is 31.2. The van der Waals surface area contributed by atoms with Crippen molar-refractivity contribution in [3.05, 3.63) is 35.9 Å². The van der Waals surface area contributed by atoms with Crippen molar-refractivity contribution < 1.29 is 14.5 Å². The van der Waals surface area contributed by atoms with Crippen LogP contribution in [0.1, 0.15) is 55.3 Å². The molecule has 1 saturated carbocycles. The van der Waals surface area contributed by atoms with E-state index in [1.165, 1.54) is 24.2 Å². The molecule has 3 aliphatic rings. The third-order valence-corrected chi connectivity index (χ3v) is 5.97. The molecule has 5 heteroatoms. The van der Waals surface area contributed by atoms with Crippen LogP contribution in [0, 0.1) is 0 Å². The molecule has 1 aromatic carbocycles. The van der Waals surface area contributed by atoms with E-state index in [9.17, 15) is 9.59 Å². The number of carbonyl (C=O) groups excluding carboxylic acids is 2. The number of piperidine rings is 2. The van der Waals surface area contributed by atoms with Crippen LogP contribution in [-0.4, -0.2) is 42.5 Å². The third-order valence-electron chi connectivity index (χ3n) is 5.97. The van der Waals surface area contributed by atoms with E-state index in [2.05, 4.69) is 10.6 Å². The molecule has 0 aromatic heterocycles. The molecule has 4 rings (SSSR count). The lowest BCUT2D eigenvalue weighted by Crippen LogP contribution is -3.22. The van der Waals surface area contributed by atoms with E-state index >= 15 is 0 Å². The van der Waals surface area contributed by atoms with Gasteiger partial charge < -0.3 is 15.5 Å². The minimum Gasteiger partial charge on any atom is -0.349 e. The van der Waals surface area contributed by atoms with E-state index in [1.807, 2.05) is 30.3 Å². The van der Waals surface area contributed by atoms with Crippen molar-refractivity contribution in [2.45, 2.75) is 69.1 Å². The van der Waals surface area contributed by atoms with Crippen LogP contribution in [0.25, 0.3) is 0 Å². The Balaban J connectivity index is 1.35. The van der Waals surface area contributed by atoms with Gasteiger partial charge in [-0.3, -0.25) is 9.59 Å². The molecule has 2 saturated heterocycles. The van der Waals surface area contributed by atoms with Gasteiger partial charge in [-0.1, -0.05) is 18.2 Å². The van der Waals surface area contributed by atoms with E-state index in [0.717, 1.165) is 31.2 Å². The van der Waals surface area contributed by atoms with Gasteiger partial charge in [0, 0.05) is 30.5 Å². The molecule has 0 radical (unpaired) electrons. The van der Waals surface area contributed by atoms with Crippen molar-refractivity contribution in [1.82, 2.24) is 10.6 Å². The summed E-state index contributed by atoms with van der Waals surface area (Å²) in [5.74, 6) is 0.236. The number of hydrogen-bond acceptors (Lipinski definition) is 2. The second kappa shape index (κ2) is 7.16. The summed E-state index contributed by atoms with van der Waals surface area (Å²) in [5, 5.41) is 6.35. The highest BCUT2D eigenvalue weighted by atomic mass is 16.2. The standard InChI is InChI=1S/C20H27N3O2/c24-19(21-15-9-10-15)13-23-17-7-4-8-18(23)12-16(11-17)22-20(25)14-5-2-1-3-6-14/h1-3,5-6,15-18H,4,7-13H2,(H,21,24)(H,22,25)/p+1/t16?,17-,18+. The number of amides is 2. The zero-order chi connectivity index (χ0) is 17.2. The van der Waals surface area contributed by atoms with Crippen molar-refractivity contribution >= 4 is 11.8 Å². The summed E-state index contributed by atoms with van der Waals surface area (Å²) >= 11 is 0. The molecular formula is C20H28N3O2+. The van der Waals surface area contributed by atoms with Gasteiger partial charge in [0.2, 0.25) is 0 Å². The smallest absolute Gasteiger partial charge is 0.275 e. The molecule has 2 bridgehead atoms. The summed E-state index contributed by atoms with van der Waals surface area (Å²) < 4.78 is 0. The predicted octanol–water partition coefficient (Wildman–Crippen LogP) is 0.663. The molecule has 2 heterocycles. The average Bonchev–Trinajstić information content (AvgIpc) is 3.40. The first-order valence-corrected chi connectivity index (χ1v) is 9.70. The van der Waals surface area contributed by atoms with Gasteiger partial charge in [0.1, 0.15) is 0 Å². The largest absolute Gasteiger partial charge is 0.349 e. The van der Waals surface area contributed by atoms with Crippen molar-refractivity contribution in [2.24, 2.45) is 0 Å². The molecular weight excluding hydrogens is 314 g/mol. The van der Waals surface area contributed by atoms with Crippen molar-refractivity contribution in [2.75, 3.05) is 6.54 Å². The lowest BCUT2D eigenvalue weighted by Gasteiger charge is -2.45. The van der Waals surface area contributed by atoms with Gasteiger partial charge in [0.05, 0.1) is 12.1 Å². The Hall–Kier alpha value is -1.88. The maximum absolute atomic E-state index is 12.4. The van der Waals surface area contributed by atoms with Crippen LogP contribution in [0.15, 0.2) is 30.3 Å². The van der Waals surface area contributed by atoms with Gasteiger partial charge in [0.15, 0.2) is 6.54 Å². The molecule has 134 valence electrons. The highest BCUT2D eigenvalue weighted by Crippen LogP contribution is 2.23. The average molecular weight is 342 g/mol. The molecule has 0 spiro atoms. The number of rotatable bonds is 5. The summed E-state index contributed by atoms with van der Waals surface area (Å²) in [7, 11) is 0. The number of fused-ring (bicyclic) bond motifs is 2. The highest BCUT2D eigenvalue weighted by molar-refractivity contribution is 5.94. The molecule has 25 heavy (non-hydrogen) atoms. The molecule has 4 atom stereocenters. The molecule has 2 aliphatic heterocycles. The van der Waals surface area contributed by atoms with E-state index in [0.29, 0.717) is 24.7 Å². The Morgan fingerprint density at radius 2 is 1.60 bits per heavy atom. The minimum absolute atomic E-state index is 0.0265. The fraction of sp³-hybridized carbons (Fsp3) is 0.600. The topological polar surface area (TPSA) is 62.6 Å².